The van der Waals surface area contributed by atoms with Crippen LogP contribution in [0.2, 0.25) is 0 Å². The van der Waals surface area contributed by atoms with Gasteiger partial charge in [-0.3, -0.25) is 14.4 Å². The van der Waals surface area contributed by atoms with Crippen molar-refractivity contribution in [1.29, 1.82) is 0 Å². The third kappa shape index (κ3) is 9.96. The van der Waals surface area contributed by atoms with Gasteiger partial charge in [-0.15, -0.1) is 0 Å². The van der Waals surface area contributed by atoms with Gasteiger partial charge in [-0.05, 0) is 80.1 Å². The van der Waals surface area contributed by atoms with E-state index in [0.29, 0.717) is 65.0 Å². The number of ether oxygens (including phenoxy) is 1. The van der Waals surface area contributed by atoms with Crippen molar-refractivity contribution >= 4 is 46.0 Å². The molecule has 6 N–H and O–H groups in total. The number of Topliss-reactive ketones (excluding diaryl/α,β-unsaturated/α-hetero) is 2. The summed E-state index contributed by atoms with van der Waals surface area (Å²) in [5.41, 5.74) is 15.8. The summed E-state index contributed by atoms with van der Waals surface area (Å²) in [6.07, 6.45) is 6.33. The molecule has 2 aliphatic rings. The van der Waals surface area contributed by atoms with Crippen LogP contribution >= 0.6 is 11.8 Å². The van der Waals surface area contributed by atoms with Crippen molar-refractivity contribution in [2.75, 3.05) is 51.3 Å². The number of carbonyl (C=O) groups is 3. The maximum absolute atomic E-state index is 14.6. The van der Waals surface area contributed by atoms with Crippen molar-refractivity contribution in [1.82, 2.24) is 20.2 Å². The molecule has 6 rings (SSSR count). The second-order valence-corrected chi connectivity index (χ2v) is 15.5. The summed E-state index contributed by atoms with van der Waals surface area (Å²) in [7, 11) is 1.73. The Morgan fingerprint density at radius 2 is 1.65 bits per heavy atom. The molecule has 1 fully saturated rings. The van der Waals surface area contributed by atoms with Gasteiger partial charge in [0, 0.05) is 73.9 Å². The highest BCUT2D eigenvalue weighted by atomic mass is 32.2. The van der Waals surface area contributed by atoms with Crippen LogP contribution in [0, 0.1) is 5.92 Å². The number of nitrogens with one attached hydrogen (secondary N) is 2. The van der Waals surface area contributed by atoms with Crippen LogP contribution in [0.3, 0.4) is 0 Å². The number of nitrogens with two attached hydrogens (primary N) is 2. The van der Waals surface area contributed by atoms with Crippen molar-refractivity contribution in [2.45, 2.75) is 86.3 Å². The van der Waals surface area contributed by atoms with Gasteiger partial charge in [-0.1, -0.05) is 60.6 Å². The first kappa shape index (κ1) is 39.6. The van der Waals surface area contributed by atoms with Gasteiger partial charge < -0.3 is 36.3 Å². The number of morpholine rings is 1. The number of ketones is 2. The average Bonchev–Trinajstić information content (AvgIpc) is 3.61. The Bertz CT molecular complexity index is 1880. The number of aromatic amines is 1. The molecular weight excluding hydrogens is 699 g/mol. The van der Waals surface area contributed by atoms with Crippen LogP contribution in [0.5, 0.6) is 0 Å². The number of hydrogen-bond donors (Lipinski definition) is 4. The van der Waals surface area contributed by atoms with E-state index in [1.165, 1.54) is 0 Å². The number of pyridine rings is 1. The van der Waals surface area contributed by atoms with Gasteiger partial charge in [0.2, 0.25) is 5.91 Å². The van der Waals surface area contributed by atoms with E-state index in [1.54, 1.807) is 23.7 Å². The highest BCUT2D eigenvalue weighted by Gasteiger charge is 2.34. The molecule has 2 aromatic heterocycles. The fraction of sp³-hybridized carbons (Fsp3) is 0.476. The van der Waals surface area contributed by atoms with E-state index in [4.69, 9.17) is 21.2 Å². The lowest BCUT2D eigenvalue weighted by molar-refractivity contribution is -0.143. The third-order valence-corrected chi connectivity index (χ3v) is 11.9. The minimum Gasteiger partial charge on any atom is -0.378 e. The third-order valence-electron chi connectivity index (χ3n) is 10.8. The van der Waals surface area contributed by atoms with E-state index < -0.39 is 18.0 Å². The van der Waals surface area contributed by atoms with E-state index in [9.17, 15) is 14.4 Å². The summed E-state index contributed by atoms with van der Waals surface area (Å²) in [6.45, 7) is 4.26. The number of para-hydroxylation sites is 1. The Morgan fingerprint density at radius 1 is 0.870 bits per heavy atom. The van der Waals surface area contributed by atoms with E-state index in [0.717, 1.165) is 69.3 Å². The van der Waals surface area contributed by atoms with Gasteiger partial charge in [0.15, 0.2) is 11.6 Å². The standard InChI is InChI=1S/C42H55N7O4S/c1-48-36(25-32-28-45-34-12-4-3-11-33(32)34)37(50)17-15-29-16-18-40(49-21-23-53-24-22-49)47-41(29)54-39-14-5-2-10-31(39)27-46-35(13-8-20-44)38(51)26-30(42(48)52)9-6-7-19-43/h2-5,10-12,14,16,18,28,30,35-36,45-46H,6-9,13,15,17,19-27,43-44H2,1H3/t30-,35+,36+/m1/s1. The maximum atomic E-state index is 14.6. The number of aryl methyl sites for hydroxylation is 1. The Kier molecular flexibility index (Phi) is 14.3. The quantitative estimate of drug-likeness (QED) is 0.162. The van der Waals surface area contributed by atoms with Crippen LogP contribution in [0.1, 0.15) is 61.6 Å². The van der Waals surface area contributed by atoms with Crippen molar-refractivity contribution in [3.05, 3.63) is 83.6 Å². The van der Waals surface area contributed by atoms with Crippen molar-refractivity contribution in [3.63, 3.8) is 0 Å². The SMILES string of the molecule is CN1C(=O)[C@H](CCCCN)CC(=O)[C@H](CCCN)NCc2ccccc2Sc2nc(N3CCOCC3)ccc2CCC(=O)[C@@H]1Cc1c[nH]c2ccccc12. The highest BCUT2D eigenvalue weighted by molar-refractivity contribution is 7.99. The summed E-state index contributed by atoms with van der Waals surface area (Å²) in [5.74, 6) is 0.0887. The average molecular weight is 754 g/mol. The molecule has 1 saturated heterocycles. The Hall–Kier alpha value is -4.07. The van der Waals surface area contributed by atoms with Crippen LogP contribution < -0.4 is 21.7 Å². The molecule has 2 aromatic carbocycles. The number of nitrogens with zero attached hydrogens (tertiary/aromatic N) is 3. The molecular formula is C42H55N7O4S. The number of unbranched alkanes of at least 4 members (excludes halogenated alkanes) is 1. The van der Waals surface area contributed by atoms with Gasteiger partial charge >= 0.3 is 0 Å². The van der Waals surface area contributed by atoms with Crippen molar-refractivity contribution in [2.24, 2.45) is 17.4 Å². The lowest BCUT2D eigenvalue weighted by Crippen LogP contribution is -2.47. The predicted molar refractivity (Wildman–Crippen MR) is 215 cm³/mol. The molecule has 4 heterocycles. The second kappa shape index (κ2) is 19.5. The monoisotopic (exact) mass is 753 g/mol. The lowest BCUT2D eigenvalue weighted by atomic mass is 9.89. The van der Waals surface area contributed by atoms with Gasteiger partial charge in [-0.25, -0.2) is 4.98 Å². The number of anilines is 1. The van der Waals surface area contributed by atoms with Gasteiger partial charge in [0.05, 0.1) is 25.3 Å². The fourth-order valence-corrected chi connectivity index (χ4v) is 8.63. The lowest BCUT2D eigenvalue weighted by Gasteiger charge is -2.31. The van der Waals surface area contributed by atoms with Gasteiger partial charge in [0.25, 0.3) is 0 Å². The molecule has 0 saturated carbocycles. The Labute approximate surface area is 323 Å². The van der Waals surface area contributed by atoms with Gasteiger partial charge in [0.1, 0.15) is 10.8 Å². The molecule has 4 aromatic rings. The van der Waals surface area contributed by atoms with E-state index in [1.807, 2.05) is 48.7 Å². The topological polar surface area (TPSA) is 160 Å². The Balaban J connectivity index is 1.40. The number of aromatic nitrogens is 2. The van der Waals surface area contributed by atoms with E-state index in [2.05, 4.69) is 33.4 Å². The molecule has 0 unspecified atom stereocenters. The molecule has 11 nitrogen and oxygen atoms in total. The van der Waals surface area contributed by atoms with Crippen molar-refractivity contribution < 1.29 is 19.1 Å². The molecule has 54 heavy (non-hydrogen) atoms. The molecule has 0 bridgehead atoms. The van der Waals surface area contributed by atoms with Gasteiger partial charge in [-0.2, -0.15) is 0 Å². The van der Waals surface area contributed by atoms with Crippen LogP contribution in [-0.2, 0) is 38.5 Å². The number of rotatable bonds is 10. The molecule has 0 spiro atoms. The number of likely N-dealkylation sites (N-methyl/N-ethyl adjacent to an activating group) is 1. The van der Waals surface area contributed by atoms with Crippen LogP contribution in [-0.4, -0.2) is 90.9 Å². The number of benzene rings is 2. The van der Waals surface area contributed by atoms with Crippen molar-refractivity contribution in [3.8, 4) is 0 Å². The summed E-state index contributed by atoms with van der Waals surface area (Å²) in [4.78, 5) is 56.7. The molecule has 0 radical (unpaired) electrons. The minimum atomic E-state index is -0.719. The van der Waals surface area contributed by atoms with Crippen LogP contribution in [0.4, 0.5) is 5.82 Å². The maximum Gasteiger partial charge on any atom is 0.226 e. The molecule has 3 atom stereocenters. The summed E-state index contributed by atoms with van der Waals surface area (Å²) in [5, 5.41) is 5.43. The summed E-state index contributed by atoms with van der Waals surface area (Å²) < 4.78 is 5.61. The fourth-order valence-electron chi connectivity index (χ4n) is 7.57. The number of fused-ring (bicyclic) bond motifs is 3. The zero-order valence-electron chi connectivity index (χ0n) is 31.4. The summed E-state index contributed by atoms with van der Waals surface area (Å²) in [6, 6.07) is 19.1. The Morgan fingerprint density at radius 3 is 2.46 bits per heavy atom. The second-order valence-electron chi connectivity index (χ2n) is 14.5. The first-order valence-corrected chi connectivity index (χ1v) is 20.3. The molecule has 2 aliphatic heterocycles. The highest BCUT2D eigenvalue weighted by Crippen LogP contribution is 2.35. The minimum absolute atomic E-state index is 0.0148. The first-order chi connectivity index (χ1) is 26.4. The number of hydrogen-bond acceptors (Lipinski definition) is 10. The molecule has 12 heteroatoms. The largest absolute Gasteiger partial charge is 0.378 e. The molecule has 288 valence electrons. The number of carbonyl (C=O) groups excluding carboxylic acids is 3. The normalized spacial score (nSPS) is 20.9. The number of H-pyrrole nitrogens is 1. The number of amides is 1. The predicted octanol–water partition coefficient (Wildman–Crippen LogP) is 5.04. The molecule has 0 aliphatic carbocycles. The van der Waals surface area contributed by atoms with E-state index in [-0.39, 0.29) is 30.3 Å². The van der Waals surface area contributed by atoms with Crippen LogP contribution in [0.15, 0.2) is 76.8 Å². The molecule has 1 amide bonds. The van der Waals surface area contributed by atoms with Crippen LogP contribution in [0.25, 0.3) is 10.9 Å². The zero-order chi connectivity index (χ0) is 37.9. The zero-order valence-corrected chi connectivity index (χ0v) is 32.3. The first-order valence-electron chi connectivity index (χ1n) is 19.4. The van der Waals surface area contributed by atoms with E-state index >= 15 is 0 Å². The summed E-state index contributed by atoms with van der Waals surface area (Å²) >= 11 is 1.59. The smallest absolute Gasteiger partial charge is 0.226 e.